The molecular weight excluding hydrogens is 238 g/mol. The number of aromatic nitrogens is 1. The summed E-state index contributed by atoms with van der Waals surface area (Å²) in [5, 5.41) is 6.05. The molecule has 0 bridgehead atoms. The Morgan fingerprint density at radius 1 is 1.21 bits per heavy atom. The first kappa shape index (κ1) is 13.1. The molecule has 19 heavy (non-hydrogen) atoms. The maximum atomic E-state index is 12.1. The second-order valence-electron chi connectivity index (χ2n) is 4.25. The largest absolute Gasteiger partial charge is 0.385 e. The van der Waals surface area contributed by atoms with Crippen molar-refractivity contribution in [1.82, 2.24) is 4.98 Å². The third-order valence-electron chi connectivity index (χ3n) is 2.82. The Morgan fingerprint density at radius 2 is 1.95 bits per heavy atom. The summed E-state index contributed by atoms with van der Waals surface area (Å²) in [4.78, 5) is 16.1. The summed E-state index contributed by atoms with van der Waals surface area (Å²) in [5.41, 5.74) is 3.37. The monoisotopic (exact) mass is 255 g/mol. The minimum atomic E-state index is -0.126. The van der Waals surface area contributed by atoms with Gasteiger partial charge in [0.25, 0.3) is 5.91 Å². The highest BCUT2D eigenvalue weighted by atomic mass is 16.1. The standard InChI is InChI=1S/C15H17N3O/c1-3-17-13-6-4-12(5-7-13)15(19)18-14-10-16-9-8-11(14)2/h4-10,17H,3H2,1-2H3,(H,18,19). The number of nitrogens with zero attached hydrogens (tertiary/aromatic N) is 1. The van der Waals surface area contributed by atoms with Gasteiger partial charge < -0.3 is 10.6 Å². The van der Waals surface area contributed by atoms with Crippen molar-refractivity contribution in [3.05, 3.63) is 53.9 Å². The average molecular weight is 255 g/mol. The van der Waals surface area contributed by atoms with E-state index in [2.05, 4.69) is 15.6 Å². The molecule has 1 amide bonds. The third-order valence-corrected chi connectivity index (χ3v) is 2.82. The van der Waals surface area contributed by atoms with E-state index in [4.69, 9.17) is 0 Å². The molecule has 0 radical (unpaired) electrons. The van der Waals surface area contributed by atoms with Crippen molar-refractivity contribution < 1.29 is 4.79 Å². The number of aryl methyl sites for hydroxylation is 1. The second-order valence-corrected chi connectivity index (χ2v) is 4.25. The fraction of sp³-hybridized carbons (Fsp3) is 0.200. The van der Waals surface area contributed by atoms with Gasteiger partial charge in [0, 0.05) is 24.0 Å². The van der Waals surface area contributed by atoms with Crippen LogP contribution in [0.25, 0.3) is 0 Å². The van der Waals surface area contributed by atoms with Crippen LogP contribution in [-0.4, -0.2) is 17.4 Å². The molecule has 0 spiro atoms. The van der Waals surface area contributed by atoms with E-state index in [9.17, 15) is 4.79 Å². The van der Waals surface area contributed by atoms with Crippen LogP contribution in [-0.2, 0) is 0 Å². The summed E-state index contributed by atoms with van der Waals surface area (Å²) in [6.45, 7) is 4.83. The number of carbonyl (C=O) groups excluding carboxylic acids is 1. The van der Waals surface area contributed by atoms with Gasteiger partial charge in [0.05, 0.1) is 11.9 Å². The molecule has 0 aliphatic carbocycles. The Labute approximate surface area is 112 Å². The fourth-order valence-electron chi connectivity index (χ4n) is 1.73. The Balaban J connectivity index is 2.10. The summed E-state index contributed by atoms with van der Waals surface area (Å²) in [6.07, 6.45) is 3.36. The molecule has 2 N–H and O–H groups in total. The van der Waals surface area contributed by atoms with Gasteiger partial charge in [-0.25, -0.2) is 0 Å². The van der Waals surface area contributed by atoms with E-state index >= 15 is 0 Å². The summed E-state index contributed by atoms with van der Waals surface area (Å²) in [6, 6.07) is 9.27. The van der Waals surface area contributed by atoms with Crippen LogP contribution in [0.3, 0.4) is 0 Å². The SMILES string of the molecule is CCNc1ccc(C(=O)Nc2cnccc2C)cc1. The summed E-state index contributed by atoms with van der Waals surface area (Å²) in [7, 11) is 0. The maximum Gasteiger partial charge on any atom is 0.255 e. The fourth-order valence-corrected chi connectivity index (χ4v) is 1.73. The van der Waals surface area contributed by atoms with Gasteiger partial charge in [-0.05, 0) is 49.7 Å². The van der Waals surface area contributed by atoms with Crippen LogP contribution < -0.4 is 10.6 Å². The molecule has 1 aromatic carbocycles. The Hall–Kier alpha value is -2.36. The molecule has 0 saturated carbocycles. The van der Waals surface area contributed by atoms with Crippen LogP contribution in [0.1, 0.15) is 22.8 Å². The molecule has 4 heteroatoms. The number of hydrogen-bond acceptors (Lipinski definition) is 3. The van der Waals surface area contributed by atoms with Crippen molar-refractivity contribution in [3.63, 3.8) is 0 Å². The Bertz CT molecular complexity index is 564. The van der Waals surface area contributed by atoms with Crippen LogP contribution >= 0.6 is 0 Å². The first-order valence-electron chi connectivity index (χ1n) is 6.26. The minimum absolute atomic E-state index is 0.126. The van der Waals surface area contributed by atoms with Gasteiger partial charge >= 0.3 is 0 Å². The lowest BCUT2D eigenvalue weighted by Crippen LogP contribution is -2.13. The zero-order valence-electron chi connectivity index (χ0n) is 11.1. The quantitative estimate of drug-likeness (QED) is 0.882. The number of pyridine rings is 1. The van der Waals surface area contributed by atoms with Crippen LogP contribution in [0.5, 0.6) is 0 Å². The van der Waals surface area contributed by atoms with Gasteiger partial charge in [-0.3, -0.25) is 9.78 Å². The molecule has 4 nitrogen and oxygen atoms in total. The zero-order chi connectivity index (χ0) is 13.7. The average Bonchev–Trinajstić information content (AvgIpc) is 2.42. The Kier molecular flexibility index (Phi) is 4.13. The smallest absolute Gasteiger partial charge is 0.255 e. The highest BCUT2D eigenvalue weighted by Gasteiger charge is 2.07. The van der Waals surface area contributed by atoms with Crippen LogP contribution in [0.4, 0.5) is 11.4 Å². The van der Waals surface area contributed by atoms with Crippen LogP contribution in [0.2, 0.25) is 0 Å². The molecule has 0 unspecified atom stereocenters. The highest BCUT2D eigenvalue weighted by Crippen LogP contribution is 2.14. The lowest BCUT2D eigenvalue weighted by Gasteiger charge is -2.08. The molecule has 2 rings (SSSR count). The zero-order valence-corrected chi connectivity index (χ0v) is 11.1. The van der Waals surface area contributed by atoms with Gasteiger partial charge in [-0.2, -0.15) is 0 Å². The molecule has 0 saturated heterocycles. The number of benzene rings is 1. The summed E-state index contributed by atoms with van der Waals surface area (Å²) >= 11 is 0. The lowest BCUT2D eigenvalue weighted by molar-refractivity contribution is 0.102. The van der Waals surface area contributed by atoms with Crippen molar-refractivity contribution in [2.45, 2.75) is 13.8 Å². The van der Waals surface area contributed by atoms with E-state index in [1.807, 2.05) is 32.0 Å². The molecular formula is C15H17N3O. The predicted molar refractivity (Wildman–Crippen MR) is 77.5 cm³/mol. The van der Waals surface area contributed by atoms with Crippen molar-refractivity contribution in [2.24, 2.45) is 0 Å². The van der Waals surface area contributed by atoms with Gasteiger partial charge in [0.1, 0.15) is 0 Å². The molecule has 0 aliphatic rings. The third kappa shape index (κ3) is 3.31. The van der Waals surface area contributed by atoms with Crippen molar-refractivity contribution in [2.75, 3.05) is 17.2 Å². The molecule has 0 fully saturated rings. The number of rotatable bonds is 4. The first-order chi connectivity index (χ1) is 9.20. The molecule has 1 aromatic heterocycles. The van der Waals surface area contributed by atoms with Crippen LogP contribution in [0, 0.1) is 6.92 Å². The van der Waals surface area contributed by atoms with E-state index in [0.29, 0.717) is 5.56 Å². The number of amides is 1. The second kappa shape index (κ2) is 6.00. The highest BCUT2D eigenvalue weighted by molar-refractivity contribution is 6.04. The van der Waals surface area contributed by atoms with Gasteiger partial charge in [0.15, 0.2) is 0 Å². The first-order valence-corrected chi connectivity index (χ1v) is 6.26. The van der Waals surface area contributed by atoms with Crippen LogP contribution in [0.15, 0.2) is 42.7 Å². The lowest BCUT2D eigenvalue weighted by atomic mass is 10.2. The molecule has 0 atom stereocenters. The molecule has 0 aliphatic heterocycles. The molecule has 2 aromatic rings. The van der Waals surface area contributed by atoms with E-state index in [-0.39, 0.29) is 5.91 Å². The van der Waals surface area contributed by atoms with Crippen molar-refractivity contribution in [3.8, 4) is 0 Å². The van der Waals surface area contributed by atoms with Gasteiger partial charge in [0.2, 0.25) is 0 Å². The topological polar surface area (TPSA) is 54.0 Å². The molecule has 1 heterocycles. The van der Waals surface area contributed by atoms with Crippen molar-refractivity contribution in [1.29, 1.82) is 0 Å². The van der Waals surface area contributed by atoms with Gasteiger partial charge in [-0.1, -0.05) is 0 Å². The minimum Gasteiger partial charge on any atom is -0.385 e. The molecule has 98 valence electrons. The number of nitrogens with one attached hydrogen (secondary N) is 2. The Morgan fingerprint density at radius 3 is 2.58 bits per heavy atom. The normalized spacial score (nSPS) is 10.0. The van der Waals surface area contributed by atoms with Gasteiger partial charge in [-0.15, -0.1) is 0 Å². The van der Waals surface area contributed by atoms with E-state index in [1.165, 1.54) is 0 Å². The van der Waals surface area contributed by atoms with Crippen molar-refractivity contribution >= 4 is 17.3 Å². The summed E-state index contributed by atoms with van der Waals surface area (Å²) < 4.78 is 0. The maximum absolute atomic E-state index is 12.1. The predicted octanol–water partition coefficient (Wildman–Crippen LogP) is 3.07. The number of carbonyl (C=O) groups is 1. The van der Waals surface area contributed by atoms with E-state index in [1.54, 1.807) is 24.5 Å². The number of hydrogen-bond donors (Lipinski definition) is 2. The summed E-state index contributed by atoms with van der Waals surface area (Å²) in [5.74, 6) is -0.126. The van der Waals surface area contributed by atoms with E-state index in [0.717, 1.165) is 23.5 Å². The number of anilines is 2. The van der Waals surface area contributed by atoms with E-state index < -0.39 is 0 Å².